The fraction of sp³-hybridized carbons (Fsp3) is 0.969. The van der Waals surface area contributed by atoms with Gasteiger partial charge in [0.15, 0.2) is 0 Å². The highest BCUT2D eigenvalue weighted by Gasteiger charge is 2.60. The number of likely N-dealkylation sites (N-methyl/N-ethyl adjacent to an activating group) is 1. The van der Waals surface area contributed by atoms with Crippen LogP contribution in [0, 0.1) is 46.3 Å². The van der Waals surface area contributed by atoms with Crippen molar-refractivity contribution in [2.75, 3.05) is 32.7 Å². The molecule has 35 heavy (non-hydrogen) atoms. The van der Waals surface area contributed by atoms with Crippen molar-refractivity contribution in [3.05, 3.63) is 0 Å². The molecule has 0 spiro atoms. The molecule has 1 amide bonds. The molecule has 4 aliphatic carbocycles. The van der Waals surface area contributed by atoms with Gasteiger partial charge in [-0.25, -0.2) is 0 Å². The minimum absolute atomic E-state index is 0.303. The van der Waals surface area contributed by atoms with E-state index < -0.39 is 0 Å². The molecule has 4 saturated carbocycles. The minimum atomic E-state index is 0.303. The Bertz CT molecular complexity index is 744. The van der Waals surface area contributed by atoms with Crippen LogP contribution < -0.4 is 5.32 Å². The van der Waals surface area contributed by atoms with Gasteiger partial charge in [-0.3, -0.25) is 4.79 Å². The average molecular weight is 486 g/mol. The first-order valence-corrected chi connectivity index (χ1v) is 15.9. The quantitative estimate of drug-likeness (QED) is 0.362. The van der Waals surface area contributed by atoms with Crippen molar-refractivity contribution in [2.24, 2.45) is 46.3 Å². The number of carbonyl (C=O) groups excluding carboxylic acids is 1. The van der Waals surface area contributed by atoms with Gasteiger partial charge in [0.2, 0.25) is 5.91 Å². The van der Waals surface area contributed by atoms with Crippen LogP contribution in [0.4, 0.5) is 0 Å². The summed E-state index contributed by atoms with van der Waals surface area (Å²) in [6.07, 6.45) is 19.4. The lowest BCUT2D eigenvalue weighted by Gasteiger charge is -2.61. The van der Waals surface area contributed by atoms with Crippen LogP contribution >= 0.6 is 0 Å². The van der Waals surface area contributed by atoms with E-state index in [4.69, 9.17) is 0 Å². The van der Waals surface area contributed by atoms with E-state index in [-0.39, 0.29) is 0 Å². The van der Waals surface area contributed by atoms with E-state index in [2.05, 4.69) is 33.0 Å². The number of quaternary nitrogens is 1. The first kappa shape index (κ1) is 26.1. The molecule has 0 aromatic rings. The summed E-state index contributed by atoms with van der Waals surface area (Å²) in [6, 6.07) is 0. The molecular formula is C32H57N2O+. The van der Waals surface area contributed by atoms with E-state index >= 15 is 0 Å². The molecule has 0 aromatic heterocycles. The molecule has 1 saturated heterocycles. The number of amides is 1. The lowest BCUT2D eigenvalue weighted by molar-refractivity contribution is -0.913. The summed E-state index contributed by atoms with van der Waals surface area (Å²) in [4.78, 5) is 12.7. The van der Waals surface area contributed by atoms with Gasteiger partial charge in [-0.15, -0.1) is 0 Å². The number of nitrogens with one attached hydrogen (secondary N) is 1. The zero-order valence-electron chi connectivity index (χ0n) is 23.8. The standard InChI is InChI=1S/C32H56N2O/c1-5-34(21-8-9-22-34)23-20-33-30(35)16-11-24(2)27-14-15-28-26-13-12-25-10-6-7-18-31(25,3)29(26)17-19-32(27,28)4/h24-29H,5-23H2,1-4H3/p+1/t24?,25?,26-,27+,28-,29-,31-,32+/m0/s1. The van der Waals surface area contributed by atoms with Crippen molar-refractivity contribution in [2.45, 2.75) is 118 Å². The lowest BCUT2D eigenvalue weighted by Crippen LogP contribution is -2.53. The molecule has 200 valence electrons. The van der Waals surface area contributed by atoms with Crippen molar-refractivity contribution in [3.63, 3.8) is 0 Å². The van der Waals surface area contributed by atoms with E-state index in [1.807, 2.05) is 0 Å². The largest absolute Gasteiger partial charge is 0.350 e. The Labute approximate surface area is 217 Å². The molecule has 2 unspecified atom stereocenters. The van der Waals surface area contributed by atoms with Gasteiger partial charge in [-0.2, -0.15) is 0 Å². The van der Waals surface area contributed by atoms with Crippen molar-refractivity contribution < 1.29 is 9.28 Å². The molecule has 1 N–H and O–H groups in total. The maximum atomic E-state index is 12.7. The third-order valence-corrected chi connectivity index (χ3v) is 13.3. The van der Waals surface area contributed by atoms with Crippen molar-refractivity contribution in [3.8, 4) is 0 Å². The van der Waals surface area contributed by atoms with E-state index in [0.29, 0.717) is 22.7 Å². The first-order valence-electron chi connectivity index (χ1n) is 15.9. The van der Waals surface area contributed by atoms with E-state index in [9.17, 15) is 4.79 Å². The molecule has 3 nitrogen and oxygen atoms in total. The molecule has 3 heteroatoms. The molecule has 5 rings (SSSR count). The maximum Gasteiger partial charge on any atom is 0.220 e. The van der Waals surface area contributed by atoms with Gasteiger partial charge < -0.3 is 9.80 Å². The number of carbonyl (C=O) groups is 1. The maximum absolute atomic E-state index is 12.7. The summed E-state index contributed by atoms with van der Waals surface area (Å²) in [7, 11) is 0. The normalized spacial score (nSPS) is 43.1. The second-order valence-electron chi connectivity index (χ2n) is 14.5. The highest BCUT2D eigenvalue weighted by Crippen LogP contribution is 2.68. The van der Waals surface area contributed by atoms with Crippen LogP contribution in [0.25, 0.3) is 0 Å². The van der Waals surface area contributed by atoms with Gasteiger partial charge in [0.25, 0.3) is 0 Å². The number of likely N-dealkylation sites (tertiary alicyclic amines) is 1. The SMILES string of the molecule is CC[N+]1(CCNC(=O)CCC(C)[C@H]2CC[C@H]3[C@@H]4CCC5CCCC[C@]5(C)[C@H]4CC[C@]23C)CCCC1. The Hall–Kier alpha value is -0.570. The van der Waals surface area contributed by atoms with Crippen molar-refractivity contribution in [1.82, 2.24) is 5.32 Å². The highest BCUT2D eigenvalue weighted by atomic mass is 16.1. The first-order chi connectivity index (χ1) is 16.8. The van der Waals surface area contributed by atoms with Crippen LogP contribution in [0.5, 0.6) is 0 Å². The van der Waals surface area contributed by atoms with Gasteiger partial charge in [0, 0.05) is 19.3 Å². The molecule has 0 radical (unpaired) electrons. The number of fused-ring (bicyclic) bond motifs is 5. The summed E-state index contributed by atoms with van der Waals surface area (Å²) < 4.78 is 1.22. The lowest BCUT2D eigenvalue weighted by atomic mass is 9.44. The van der Waals surface area contributed by atoms with Crippen LogP contribution in [-0.4, -0.2) is 43.1 Å². The zero-order valence-corrected chi connectivity index (χ0v) is 23.8. The zero-order chi connectivity index (χ0) is 24.7. The van der Waals surface area contributed by atoms with Gasteiger partial charge in [-0.1, -0.05) is 33.6 Å². The van der Waals surface area contributed by atoms with Crippen LogP contribution in [0.15, 0.2) is 0 Å². The van der Waals surface area contributed by atoms with Gasteiger partial charge in [-0.05, 0) is 111 Å². The second-order valence-corrected chi connectivity index (χ2v) is 14.5. The van der Waals surface area contributed by atoms with Crippen LogP contribution in [0.1, 0.15) is 118 Å². The minimum Gasteiger partial charge on any atom is -0.350 e. The number of rotatable bonds is 8. The van der Waals surface area contributed by atoms with E-state index in [1.54, 1.807) is 0 Å². The predicted octanol–water partition coefficient (Wildman–Crippen LogP) is 7.20. The third kappa shape index (κ3) is 4.74. The third-order valence-electron chi connectivity index (χ3n) is 13.3. The monoisotopic (exact) mass is 485 g/mol. The second kappa shape index (κ2) is 10.3. The molecule has 8 atom stereocenters. The molecule has 1 aliphatic heterocycles. The molecule has 5 aliphatic rings. The molecule has 0 bridgehead atoms. The molecular weight excluding hydrogens is 428 g/mol. The Morgan fingerprint density at radius 3 is 2.46 bits per heavy atom. The van der Waals surface area contributed by atoms with Crippen molar-refractivity contribution in [1.29, 1.82) is 0 Å². The Balaban J connectivity index is 1.13. The fourth-order valence-corrected chi connectivity index (χ4v) is 11.1. The fourth-order valence-electron chi connectivity index (χ4n) is 11.1. The summed E-state index contributed by atoms with van der Waals surface area (Å²) in [5, 5.41) is 3.29. The van der Waals surface area contributed by atoms with Crippen molar-refractivity contribution >= 4 is 5.91 Å². The summed E-state index contributed by atoms with van der Waals surface area (Å²) >= 11 is 0. The topological polar surface area (TPSA) is 29.1 Å². The van der Waals surface area contributed by atoms with Gasteiger partial charge >= 0.3 is 0 Å². The summed E-state index contributed by atoms with van der Waals surface area (Å²) in [6.45, 7) is 16.0. The Kier molecular flexibility index (Phi) is 7.67. The number of nitrogens with zero attached hydrogens (tertiary/aromatic N) is 1. The summed E-state index contributed by atoms with van der Waals surface area (Å²) in [5.74, 6) is 5.79. The molecule has 1 heterocycles. The van der Waals surface area contributed by atoms with Gasteiger partial charge in [0.05, 0.1) is 32.7 Å². The highest BCUT2D eigenvalue weighted by molar-refractivity contribution is 5.75. The predicted molar refractivity (Wildman–Crippen MR) is 146 cm³/mol. The summed E-state index contributed by atoms with van der Waals surface area (Å²) in [5.41, 5.74) is 1.18. The average Bonchev–Trinajstić information content (AvgIpc) is 3.47. The van der Waals surface area contributed by atoms with Gasteiger partial charge in [0.1, 0.15) is 0 Å². The van der Waals surface area contributed by atoms with E-state index in [0.717, 1.165) is 55.5 Å². The number of hydrogen-bond acceptors (Lipinski definition) is 1. The Morgan fingerprint density at radius 1 is 0.914 bits per heavy atom. The van der Waals surface area contributed by atoms with Crippen LogP contribution in [0.3, 0.4) is 0 Å². The smallest absolute Gasteiger partial charge is 0.220 e. The Morgan fingerprint density at radius 2 is 1.69 bits per heavy atom. The molecule has 0 aromatic carbocycles. The van der Waals surface area contributed by atoms with Crippen LogP contribution in [-0.2, 0) is 4.79 Å². The number of hydrogen-bond donors (Lipinski definition) is 1. The van der Waals surface area contributed by atoms with Crippen LogP contribution in [0.2, 0.25) is 0 Å². The van der Waals surface area contributed by atoms with E-state index in [1.165, 1.54) is 101 Å². The molecule has 5 fully saturated rings.